The van der Waals surface area contributed by atoms with Crippen LogP contribution in [0.3, 0.4) is 0 Å². The van der Waals surface area contributed by atoms with E-state index in [1.54, 1.807) is 0 Å². The fraction of sp³-hybridized carbons (Fsp3) is 0.478. The monoisotopic (exact) mass is 378 g/mol. The molecule has 28 heavy (non-hydrogen) atoms. The molecule has 4 rings (SSSR count). The Morgan fingerprint density at radius 3 is 2.54 bits per heavy atom. The molecule has 2 aliphatic rings. The minimum atomic E-state index is 0.146. The zero-order chi connectivity index (χ0) is 19.8. The Hall–Kier alpha value is -2.40. The van der Waals surface area contributed by atoms with Gasteiger partial charge in [-0.05, 0) is 50.7 Å². The molecule has 2 saturated heterocycles. The van der Waals surface area contributed by atoms with E-state index in [1.165, 1.54) is 16.7 Å². The van der Waals surface area contributed by atoms with Gasteiger partial charge >= 0.3 is 0 Å². The first kappa shape index (κ1) is 18.9. The number of anilines is 1. The summed E-state index contributed by atoms with van der Waals surface area (Å²) in [4.78, 5) is 24.2. The summed E-state index contributed by atoms with van der Waals surface area (Å²) in [7, 11) is 3.92. The number of carbonyl (C=O) groups is 1. The fourth-order valence-corrected chi connectivity index (χ4v) is 4.96. The summed E-state index contributed by atoms with van der Waals surface area (Å²) in [6.07, 6.45) is 1.88. The summed E-state index contributed by atoms with van der Waals surface area (Å²) >= 11 is 0. The lowest BCUT2D eigenvalue weighted by atomic mass is 9.87. The van der Waals surface area contributed by atoms with Crippen LogP contribution in [0.5, 0.6) is 0 Å². The summed E-state index contributed by atoms with van der Waals surface area (Å²) in [5.41, 5.74) is 3.78. The van der Waals surface area contributed by atoms with Gasteiger partial charge in [0, 0.05) is 37.7 Å². The summed E-state index contributed by atoms with van der Waals surface area (Å²) < 4.78 is 0. The molecule has 2 aromatic rings. The smallest absolute Gasteiger partial charge is 0.237 e. The van der Waals surface area contributed by atoms with Crippen LogP contribution in [0.1, 0.15) is 22.7 Å². The quantitative estimate of drug-likeness (QED) is 0.820. The number of hydrogen-bond donors (Lipinski definition) is 0. The molecule has 0 saturated carbocycles. The van der Waals surface area contributed by atoms with Crippen molar-refractivity contribution in [1.82, 2.24) is 14.8 Å². The molecule has 2 fully saturated rings. The molecule has 0 unspecified atom stereocenters. The SMILES string of the molecule is Cc1ccccc1[C@H]1[C@@H]2CN(c3ncccc3C)C[C@@H]2CN1C(=O)CN(C)C. The molecule has 0 N–H and O–H groups in total. The van der Waals surface area contributed by atoms with Crippen LogP contribution in [0.4, 0.5) is 5.82 Å². The molecule has 0 bridgehead atoms. The van der Waals surface area contributed by atoms with Crippen molar-refractivity contribution >= 4 is 11.7 Å². The highest BCUT2D eigenvalue weighted by Gasteiger charge is 2.49. The maximum absolute atomic E-state index is 13.0. The molecule has 5 nitrogen and oxygen atoms in total. The minimum Gasteiger partial charge on any atom is -0.356 e. The van der Waals surface area contributed by atoms with E-state index in [4.69, 9.17) is 0 Å². The Labute approximate surface area is 168 Å². The predicted octanol–water partition coefficient (Wildman–Crippen LogP) is 2.90. The van der Waals surface area contributed by atoms with Crippen molar-refractivity contribution in [3.8, 4) is 0 Å². The number of likely N-dealkylation sites (N-methyl/N-ethyl adjacent to an activating group) is 1. The van der Waals surface area contributed by atoms with Gasteiger partial charge in [-0.2, -0.15) is 0 Å². The van der Waals surface area contributed by atoms with Gasteiger partial charge in [0.15, 0.2) is 0 Å². The third kappa shape index (κ3) is 3.39. The summed E-state index contributed by atoms with van der Waals surface area (Å²) in [6, 6.07) is 12.8. The maximum Gasteiger partial charge on any atom is 0.237 e. The lowest BCUT2D eigenvalue weighted by Crippen LogP contribution is -2.40. The normalized spacial score (nSPS) is 24.1. The second-order valence-corrected chi connectivity index (χ2v) is 8.56. The van der Waals surface area contributed by atoms with Gasteiger partial charge in [-0.15, -0.1) is 0 Å². The first-order chi connectivity index (χ1) is 13.5. The third-order valence-corrected chi connectivity index (χ3v) is 6.22. The fourth-order valence-electron chi connectivity index (χ4n) is 4.96. The number of aromatic nitrogens is 1. The third-order valence-electron chi connectivity index (χ3n) is 6.22. The van der Waals surface area contributed by atoms with Gasteiger partial charge in [0.05, 0.1) is 12.6 Å². The Morgan fingerprint density at radius 2 is 1.82 bits per heavy atom. The van der Waals surface area contributed by atoms with E-state index in [0.717, 1.165) is 25.5 Å². The van der Waals surface area contributed by atoms with Crippen LogP contribution in [-0.2, 0) is 4.79 Å². The average molecular weight is 379 g/mol. The van der Waals surface area contributed by atoms with Crippen molar-refractivity contribution in [3.05, 3.63) is 59.3 Å². The van der Waals surface area contributed by atoms with Crippen LogP contribution in [-0.4, -0.2) is 61.0 Å². The second kappa shape index (κ2) is 7.55. The molecular formula is C23H30N4O. The molecule has 5 heteroatoms. The highest BCUT2D eigenvalue weighted by Crippen LogP contribution is 2.46. The number of carbonyl (C=O) groups excluding carboxylic acids is 1. The molecule has 3 atom stereocenters. The van der Waals surface area contributed by atoms with Crippen LogP contribution in [0.15, 0.2) is 42.6 Å². The number of amides is 1. The Balaban J connectivity index is 1.65. The van der Waals surface area contributed by atoms with E-state index in [9.17, 15) is 4.79 Å². The number of hydrogen-bond acceptors (Lipinski definition) is 4. The number of rotatable bonds is 4. The molecule has 0 spiro atoms. The summed E-state index contributed by atoms with van der Waals surface area (Å²) in [5, 5.41) is 0. The number of likely N-dealkylation sites (tertiary alicyclic amines) is 1. The van der Waals surface area contributed by atoms with Crippen molar-refractivity contribution < 1.29 is 4.79 Å². The average Bonchev–Trinajstić information content (AvgIpc) is 3.20. The molecule has 0 radical (unpaired) electrons. The second-order valence-electron chi connectivity index (χ2n) is 8.56. The summed E-state index contributed by atoms with van der Waals surface area (Å²) in [6.45, 7) is 7.50. The number of fused-ring (bicyclic) bond motifs is 1. The molecule has 3 heterocycles. The largest absolute Gasteiger partial charge is 0.356 e. The molecule has 0 aliphatic carbocycles. The van der Waals surface area contributed by atoms with Crippen molar-refractivity contribution in [2.45, 2.75) is 19.9 Å². The van der Waals surface area contributed by atoms with Gasteiger partial charge in [-0.25, -0.2) is 4.98 Å². The van der Waals surface area contributed by atoms with Crippen molar-refractivity contribution in [3.63, 3.8) is 0 Å². The molecule has 1 amide bonds. The van der Waals surface area contributed by atoms with E-state index >= 15 is 0 Å². The van der Waals surface area contributed by atoms with Crippen LogP contribution in [0.2, 0.25) is 0 Å². The minimum absolute atomic E-state index is 0.146. The van der Waals surface area contributed by atoms with Gasteiger partial charge in [0.25, 0.3) is 0 Å². The van der Waals surface area contributed by atoms with Crippen molar-refractivity contribution in [1.29, 1.82) is 0 Å². The number of pyridine rings is 1. The van der Waals surface area contributed by atoms with E-state index in [2.05, 4.69) is 59.0 Å². The zero-order valence-electron chi connectivity index (χ0n) is 17.3. The highest BCUT2D eigenvalue weighted by molar-refractivity contribution is 5.79. The Morgan fingerprint density at radius 1 is 1.07 bits per heavy atom. The molecular weight excluding hydrogens is 348 g/mol. The lowest BCUT2D eigenvalue weighted by Gasteiger charge is -2.32. The van der Waals surface area contributed by atoms with Crippen molar-refractivity contribution in [2.24, 2.45) is 11.8 Å². The number of aryl methyl sites for hydroxylation is 2. The van der Waals surface area contributed by atoms with Gasteiger partial charge in [-0.3, -0.25) is 4.79 Å². The lowest BCUT2D eigenvalue weighted by molar-refractivity contribution is -0.133. The van der Waals surface area contributed by atoms with Gasteiger partial charge in [0.1, 0.15) is 5.82 Å². The van der Waals surface area contributed by atoms with E-state index < -0.39 is 0 Å². The standard InChI is InChI=1S/C23H30N4O/c1-16-8-5-6-10-19(16)22-20-14-26(23-17(2)9-7-11-24-23)12-18(20)13-27(22)21(28)15-25(3)4/h5-11,18,20,22H,12-15H2,1-4H3/t18-,20-,22+/m1/s1. The van der Waals surface area contributed by atoms with Crippen molar-refractivity contribution in [2.75, 3.05) is 45.2 Å². The van der Waals surface area contributed by atoms with E-state index in [1.807, 2.05) is 31.3 Å². The highest BCUT2D eigenvalue weighted by atomic mass is 16.2. The first-order valence-electron chi connectivity index (χ1n) is 10.1. The molecule has 2 aliphatic heterocycles. The van der Waals surface area contributed by atoms with Crippen LogP contribution in [0, 0.1) is 25.7 Å². The topological polar surface area (TPSA) is 39.7 Å². The summed E-state index contributed by atoms with van der Waals surface area (Å²) in [5.74, 6) is 2.24. The molecule has 148 valence electrons. The van der Waals surface area contributed by atoms with Crippen LogP contribution >= 0.6 is 0 Å². The van der Waals surface area contributed by atoms with Crippen LogP contribution in [0.25, 0.3) is 0 Å². The van der Waals surface area contributed by atoms with E-state index in [-0.39, 0.29) is 11.9 Å². The van der Waals surface area contributed by atoms with Crippen LogP contribution < -0.4 is 4.90 Å². The van der Waals surface area contributed by atoms with E-state index in [0.29, 0.717) is 18.4 Å². The van der Waals surface area contributed by atoms with Gasteiger partial charge in [0.2, 0.25) is 5.91 Å². The number of nitrogens with zero attached hydrogens (tertiary/aromatic N) is 4. The molecule has 1 aromatic heterocycles. The number of benzene rings is 1. The van der Waals surface area contributed by atoms with Gasteiger partial charge < -0.3 is 14.7 Å². The van der Waals surface area contributed by atoms with Gasteiger partial charge in [-0.1, -0.05) is 30.3 Å². The maximum atomic E-state index is 13.0. The Bertz CT molecular complexity index is 865. The zero-order valence-corrected chi connectivity index (χ0v) is 17.3. The Kier molecular flexibility index (Phi) is 5.11. The predicted molar refractivity (Wildman–Crippen MR) is 112 cm³/mol. The molecule has 1 aromatic carbocycles. The first-order valence-corrected chi connectivity index (χ1v) is 10.1.